The summed E-state index contributed by atoms with van der Waals surface area (Å²) < 4.78 is 2.99. The van der Waals surface area contributed by atoms with Crippen LogP contribution in [0.15, 0.2) is 41.0 Å². The van der Waals surface area contributed by atoms with E-state index in [1.807, 2.05) is 31.0 Å². The highest BCUT2D eigenvalue weighted by molar-refractivity contribution is 9.10. The third kappa shape index (κ3) is 2.18. The maximum atomic E-state index is 4.20. The number of hydrogen-bond donors (Lipinski definition) is 1. The summed E-state index contributed by atoms with van der Waals surface area (Å²) in [7, 11) is 3.91. The molecule has 0 aliphatic rings. The van der Waals surface area contributed by atoms with Crippen molar-refractivity contribution in [3.63, 3.8) is 0 Å². The molecule has 0 amide bonds. The van der Waals surface area contributed by atoms with Gasteiger partial charge in [-0.3, -0.25) is 4.68 Å². The topological polar surface area (TPSA) is 29.9 Å². The molecule has 2 rings (SSSR count). The molecule has 1 aromatic carbocycles. The zero-order valence-corrected chi connectivity index (χ0v) is 10.9. The first kappa shape index (κ1) is 11.4. The van der Waals surface area contributed by atoms with Crippen LogP contribution < -0.4 is 5.32 Å². The molecule has 3 nitrogen and oxygen atoms in total. The first-order chi connectivity index (χ1) is 7.72. The first-order valence-electron chi connectivity index (χ1n) is 5.13. The lowest BCUT2D eigenvalue weighted by Crippen LogP contribution is -2.20. The monoisotopic (exact) mass is 279 g/mol. The van der Waals surface area contributed by atoms with Crippen molar-refractivity contribution < 1.29 is 0 Å². The van der Waals surface area contributed by atoms with Crippen molar-refractivity contribution in [1.82, 2.24) is 15.1 Å². The van der Waals surface area contributed by atoms with Gasteiger partial charge in [-0.15, -0.1) is 0 Å². The van der Waals surface area contributed by atoms with Crippen molar-refractivity contribution in [2.75, 3.05) is 7.05 Å². The van der Waals surface area contributed by atoms with Gasteiger partial charge in [-0.25, -0.2) is 0 Å². The van der Waals surface area contributed by atoms with Crippen molar-refractivity contribution in [1.29, 1.82) is 0 Å². The predicted octanol–water partition coefficient (Wildman–Crippen LogP) is 2.49. The number of aromatic nitrogens is 2. The highest BCUT2D eigenvalue weighted by Gasteiger charge is 2.14. The zero-order chi connectivity index (χ0) is 11.5. The Bertz CT molecular complexity index is 461. The van der Waals surface area contributed by atoms with Crippen LogP contribution in [0.1, 0.15) is 17.3 Å². The van der Waals surface area contributed by atoms with Crippen LogP contribution in [0.25, 0.3) is 0 Å². The summed E-state index contributed by atoms with van der Waals surface area (Å²) in [5.74, 6) is 0. The van der Waals surface area contributed by atoms with Crippen molar-refractivity contribution in [3.8, 4) is 0 Å². The van der Waals surface area contributed by atoms with Gasteiger partial charge in [-0.05, 0) is 30.8 Å². The Labute approximate surface area is 104 Å². The Morgan fingerprint density at radius 1 is 1.25 bits per heavy atom. The highest BCUT2D eigenvalue weighted by Crippen LogP contribution is 2.22. The number of halogens is 1. The fourth-order valence-electron chi connectivity index (χ4n) is 1.81. The van der Waals surface area contributed by atoms with Gasteiger partial charge in [0.25, 0.3) is 0 Å². The summed E-state index contributed by atoms with van der Waals surface area (Å²) >= 11 is 3.44. The SMILES string of the molecule is CNC(c1ccc(Br)cc1)c1ccnn1C. The van der Waals surface area contributed by atoms with Gasteiger partial charge in [0, 0.05) is 17.7 Å². The molecule has 1 unspecified atom stereocenters. The average molecular weight is 280 g/mol. The molecule has 0 saturated heterocycles. The van der Waals surface area contributed by atoms with Crippen molar-refractivity contribution in [3.05, 3.63) is 52.3 Å². The molecule has 1 N–H and O–H groups in total. The first-order valence-corrected chi connectivity index (χ1v) is 5.92. The van der Waals surface area contributed by atoms with Gasteiger partial charge in [0.05, 0.1) is 11.7 Å². The van der Waals surface area contributed by atoms with E-state index in [1.54, 1.807) is 0 Å². The molecule has 2 aromatic rings. The second-order valence-electron chi connectivity index (χ2n) is 3.65. The van der Waals surface area contributed by atoms with Gasteiger partial charge in [-0.1, -0.05) is 28.1 Å². The molecule has 0 radical (unpaired) electrons. The van der Waals surface area contributed by atoms with E-state index in [-0.39, 0.29) is 6.04 Å². The molecule has 84 valence electrons. The standard InChI is InChI=1S/C12H14BrN3/c1-14-12(11-7-8-15-16(11)2)9-3-5-10(13)6-4-9/h3-8,12,14H,1-2H3. The van der Waals surface area contributed by atoms with Crippen LogP contribution in [-0.4, -0.2) is 16.8 Å². The number of aryl methyl sites for hydroxylation is 1. The molecule has 0 aliphatic heterocycles. The van der Waals surface area contributed by atoms with Crippen LogP contribution in [0.2, 0.25) is 0 Å². The normalized spacial score (nSPS) is 12.7. The Morgan fingerprint density at radius 2 is 1.94 bits per heavy atom. The largest absolute Gasteiger partial charge is 0.308 e. The Hall–Kier alpha value is -1.13. The third-order valence-electron chi connectivity index (χ3n) is 2.65. The van der Waals surface area contributed by atoms with E-state index < -0.39 is 0 Å². The lowest BCUT2D eigenvalue weighted by atomic mass is 10.0. The van der Waals surface area contributed by atoms with E-state index in [0.717, 1.165) is 10.2 Å². The summed E-state index contributed by atoms with van der Waals surface area (Å²) in [5, 5.41) is 7.50. The maximum Gasteiger partial charge on any atom is 0.0745 e. The number of benzene rings is 1. The number of hydrogen-bond acceptors (Lipinski definition) is 2. The summed E-state index contributed by atoms with van der Waals surface area (Å²) in [6.07, 6.45) is 1.82. The number of nitrogens with one attached hydrogen (secondary N) is 1. The fourth-order valence-corrected chi connectivity index (χ4v) is 2.07. The lowest BCUT2D eigenvalue weighted by molar-refractivity contribution is 0.606. The summed E-state index contributed by atoms with van der Waals surface area (Å²) in [5.41, 5.74) is 2.39. The fraction of sp³-hybridized carbons (Fsp3) is 0.250. The smallest absolute Gasteiger partial charge is 0.0745 e. The number of rotatable bonds is 3. The molecule has 0 bridgehead atoms. The summed E-state index contributed by atoms with van der Waals surface area (Å²) in [6.45, 7) is 0. The average Bonchev–Trinajstić information content (AvgIpc) is 2.69. The van der Waals surface area contributed by atoms with E-state index in [0.29, 0.717) is 0 Å². The second kappa shape index (κ2) is 4.80. The van der Waals surface area contributed by atoms with E-state index in [1.165, 1.54) is 5.56 Å². The van der Waals surface area contributed by atoms with Crippen LogP contribution in [0, 0.1) is 0 Å². The minimum atomic E-state index is 0.181. The predicted molar refractivity (Wildman–Crippen MR) is 68.3 cm³/mol. The van der Waals surface area contributed by atoms with Gasteiger partial charge in [0.15, 0.2) is 0 Å². The Kier molecular flexibility index (Phi) is 3.41. The van der Waals surface area contributed by atoms with Crippen molar-refractivity contribution in [2.24, 2.45) is 7.05 Å². The lowest BCUT2D eigenvalue weighted by Gasteiger charge is -2.17. The molecule has 16 heavy (non-hydrogen) atoms. The highest BCUT2D eigenvalue weighted by atomic mass is 79.9. The molecular formula is C12H14BrN3. The molecule has 1 atom stereocenters. The van der Waals surface area contributed by atoms with E-state index in [4.69, 9.17) is 0 Å². The Balaban J connectivity index is 2.37. The quantitative estimate of drug-likeness (QED) is 0.936. The minimum absolute atomic E-state index is 0.181. The zero-order valence-electron chi connectivity index (χ0n) is 9.31. The van der Waals surface area contributed by atoms with Crippen LogP contribution in [0.3, 0.4) is 0 Å². The molecular weight excluding hydrogens is 266 g/mol. The van der Waals surface area contributed by atoms with Gasteiger partial charge >= 0.3 is 0 Å². The second-order valence-corrected chi connectivity index (χ2v) is 4.57. The molecule has 1 heterocycles. The Morgan fingerprint density at radius 3 is 2.44 bits per heavy atom. The molecule has 1 aromatic heterocycles. The van der Waals surface area contributed by atoms with Gasteiger partial charge < -0.3 is 5.32 Å². The number of nitrogens with zero attached hydrogens (tertiary/aromatic N) is 2. The van der Waals surface area contributed by atoms with Crippen LogP contribution in [0.4, 0.5) is 0 Å². The molecule has 0 aliphatic carbocycles. The van der Waals surface area contributed by atoms with E-state index in [2.05, 4.69) is 50.6 Å². The van der Waals surface area contributed by atoms with Crippen molar-refractivity contribution >= 4 is 15.9 Å². The molecule has 0 spiro atoms. The molecule has 4 heteroatoms. The summed E-state index contributed by atoms with van der Waals surface area (Å²) in [4.78, 5) is 0. The maximum absolute atomic E-state index is 4.20. The van der Waals surface area contributed by atoms with E-state index >= 15 is 0 Å². The van der Waals surface area contributed by atoms with Crippen LogP contribution in [0.5, 0.6) is 0 Å². The third-order valence-corrected chi connectivity index (χ3v) is 3.18. The summed E-state index contributed by atoms with van der Waals surface area (Å²) in [6, 6.07) is 10.5. The molecule has 0 fully saturated rings. The van der Waals surface area contributed by atoms with Gasteiger partial charge in [0.2, 0.25) is 0 Å². The van der Waals surface area contributed by atoms with Crippen LogP contribution >= 0.6 is 15.9 Å². The van der Waals surface area contributed by atoms with E-state index in [9.17, 15) is 0 Å². The van der Waals surface area contributed by atoms with Crippen LogP contribution in [-0.2, 0) is 7.05 Å². The molecule has 0 saturated carbocycles. The minimum Gasteiger partial charge on any atom is -0.308 e. The van der Waals surface area contributed by atoms with Gasteiger partial charge in [0.1, 0.15) is 0 Å². The van der Waals surface area contributed by atoms with Crippen molar-refractivity contribution in [2.45, 2.75) is 6.04 Å². The van der Waals surface area contributed by atoms with Gasteiger partial charge in [-0.2, -0.15) is 5.10 Å².